The van der Waals surface area contributed by atoms with E-state index in [1.807, 2.05) is 101 Å². The zero-order valence-electron chi connectivity index (χ0n) is 26.0. The molecule has 4 aromatic rings. The minimum atomic E-state index is -4.14. The number of sulfonamides is 1. The Bertz CT molecular complexity index is 1690. The van der Waals surface area contributed by atoms with Gasteiger partial charge in [-0.25, -0.2) is 8.42 Å². The van der Waals surface area contributed by atoms with Crippen LogP contribution in [-0.2, 0) is 32.6 Å². The number of hydrogen-bond donors (Lipinski definition) is 1. The van der Waals surface area contributed by atoms with Gasteiger partial charge in [0.15, 0.2) is 0 Å². The lowest BCUT2D eigenvalue weighted by molar-refractivity contribution is -0.140. The van der Waals surface area contributed by atoms with Gasteiger partial charge in [-0.15, -0.1) is 0 Å². The van der Waals surface area contributed by atoms with Gasteiger partial charge in [0, 0.05) is 19.0 Å². The first-order chi connectivity index (χ1) is 21.0. The molecule has 0 fully saturated rings. The Kier molecular flexibility index (Phi) is 10.6. The fourth-order valence-electron chi connectivity index (χ4n) is 5.22. The summed E-state index contributed by atoms with van der Waals surface area (Å²) in [5.41, 5.74) is 4.85. The molecule has 2 amide bonds. The lowest BCUT2D eigenvalue weighted by atomic mass is 10.0. The molecule has 0 aliphatic rings. The van der Waals surface area contributed by atoms with Crippen molar-refractivity contribution >= 4 is 27.5 Å². The van der Waals surface area contributed by atoms with Gasteiger partial charge < -0.3 is 10.2 Å². The highest BCUT2D eigenvalue weighted by molar-refractivity contribution is 7.92. The van der Waals surface area contributed by atoms with Crippen LogP contribution in [0.5, 0.6) is 0 Å². The largest absolute Gasteiger partial charge is 0.352 e. The maximum absolute atomic E-state index is 14.6. The van der Waals surface area contributed by atoms with Gasteiger partial charge in [-0.3, -0.25) is 13.9 Å². The molecule has 0 aliphatic carbocycles. The number of amides is 2. The van der Waals surface area contributed by atoms with Crippen molar-refractivity contribution in [2.24, 2.45) is 0 Å². The van der Waals surface area contributed by atoms with E-state index in [0.29, 0.717) is 5.69 Å². The van der Waals surface area contributed by atoms with Crippen LogP contribution in [-0.4, -0.2) is 43.8 Å². The van der Waals surface area contributed by atoms with Gasteiger partial charge in [0.1, 0.15) is 12.6 Å². The van der Waals surface area contributed by atoms with Gasteiger partial charge in [-0.05, 0) is 75.1 Å². The molecule has 0 heterocycles. The molecule has 0 unspecified atom stereocenters. The van der Waals surface area contributed by atoms with Crippen LogP contribution in [0.3, 0.4) is 0 Å². The first-order valence-electron chi connectivity index (χ1n) is 14.8. The molecule has 7 nitrogen and oxygen atoms in total. The standard InChI is InChI=1S/C36H41N3O4S/c1-26(2)37-36(41)34(23-30-15-8-6-9-16-30)38(24-31-17-13-12-14-28(31)4)35(40)25-39(33-21-20-27(3)22-29(33)5)44(42,43)32-18-10-7-11-19-32/h6-22,26,34H,23-25H2,1-5H3,(H,37,41)/t34-/m0/s1. The van der Waals surface area contributed by atoms with E-state index in [9.17, 15) is 18.0 Å². The second-order valence-electron chi connectivity index (χ2n) is 11.4. The summed E-state index contributed by atoms with van der Waals surface area (Å²) in [6.45, 7) is 9.13. The number of carbonyl (C=O) groups excluding carboxylic acids is 2. The second-order valence-corrected chi connectivity index (χ2v) is 13.3. The first-order valence-corrected chi connectivity index (χ1v) is 16.2. The molecule has 8 heteroatoms. The molecule has 0 spiro atoms. The van der Waals surface area contributed by atoms with Gasteiger partial charge in [0.25, 0.3) is 10.0 Å². The average molecular weight is 612 g/mol. The van der Waals surface area contributed by atoms with Crippen LogP contribution >= 0.6 is 0 Å². The minimum absolute atomic E-state index is 0.0802. The Balaban J connectivity index is 1.83. The Labute approximate surface area is 261 Å². The maximum atomic E-state index is 14.6. The summed E-state index contributed by atoms with van der Waals surface area (Å²) in [7, 11) is -4.14. The Morgan fingerprint density at radius 3 is 2.00 bits per heavy atom. The van der Waals surface area contributed by atoms with E-state index >= 15 is 0 Å². The predicted molar refractivity (Wildman–Crippen MR) is 176 cm³/mol. The van der Waals surface area contributed by atoms with Gasteiger partial charge in [-0.2, -0.15) is 0 Å². The van der Waals surface area contributed by atoms with E-state index in [-0.39, 0.29) is 29.8 Å². The number of rotatable bonds is 12. The topological polar surface area (TPSA) is 86.8 Å². The van der Waals surface area contributed by atoms with Crippen LogP contribution in [0.2, 0.25) is 0 Å². The van der Waals surface area contributed by atoms with Crippen LogP contribution in [0.25, 0.3) is 0 Å². The molecule has 230 valence electrons. The molecule has 0 saturated heterocycles. The van der Waals surface area contributed by atoms with E-state index in [4.69, 9.17) is 0 Å². The molecule has 4 rings (SSSR count). The highest BCUT2D eigenvalue weighted by Gasteiger charge is 2.35. The quantitative estimate of drug-likeness (QED) is 0.214. The zero-order chi connectivity index (χ0) is 31.9. The minimum Gasteiger partial charge on any atom is -0.352 e. The van der Waals surface area contributed by atoms with E-state index in [2.05, 4.69) is 5.32 Å². The van der Waals surface area contributed by atoms with Gasteiger partial charge in [0.05, 0.1) is 10.6 Å². The predicted octanol–water partition coefficient (Wildman–Crippen LogP) is 5.97. The van der Waals surface area contributed by atoms with E-state index in [0.717, 1.165) is 27.8 Å². The molecule has 4 aromatic carbocycles. The average Bonchev–Trinajstić information content (AvgIpc) is 2.99. The molecular formula is C36H41N3O4S. The zero-order valence-corrected chi connectivity index (χ0v) is 26.8. The van der Waals surface area contributed by atoms with Crippen molar-refractivity contribution in [2.75, 3.05) is 10.8 Å². The van der Waals surface area contributed by atoms with Crippen LogP contribution in [0.4, 0.5) is 5.69 Å². The molecule has 1 N–H and O–H groups in total. The third-order valence-corrected chi connectivity index (χ3v) is 9.31. The Morgan fingerprint density at radius 1 is 0.773 bits per heavy atom. The number of nitrogens with zero attached hydrogens (tertiary/aromatic N) is 2. The fourth-order valence-corrected chi connectivity index (χ4v) is 6.72. The monoisotopic (exact) mass is 611 g/mol. The van der Waals surface area contributed by atoms with Crippen molar-refractivity contribution in [3.8, 4) is 0 Å². The summed E-state index contributed by atoms with van der Waals surface area (Å²) in [6, 6.07) is 29.8. The normalized spacial score (nSPS) is 12.0. The summed E-state index contributed by atoms with van der Waals surface area (Å²) in [5.74, 6) is -0.776. The molecule has 0 saturated carbocycles. The van der Waals surface area contributed by atoms with E-state index in [1.165, 1.54) is 21.3 Å². The smallest absolute Gasteiger partial charge is 0.264 e. The Morgan fingerprint density at radius 2 is 1.39 bits per heavy atom. The lowest BCUT2D eigenvalue weighted by Crippen LogP contribution is -2.54. The van der Waals surface area contributed by atoms with Crippen LogP contribution in [0.1, 0.15) is 41.7 Å². The first kappa shape index (κ1) is 32.5. The van der Waals surface area contributed by atoms with Crippen LogP contribution in [0, 0.1) is 20.8 Å². The highest BCUT2D eigenvalue weighted by Crippen LogP contribution is 2.28. The summed E-state index contributed by atoms with van der Waals surface area (Å²) < 4.78 is 29.5. The maximum Gasteiger partial charge on any atom is 0.264 e. The lowest BCUT2D eigenvalue weighted by Gasteiger charge is -2.34. The van der Waals surface area contributed by atoms with Crippen molar-refractivity contribution in [1.29, 1.82) is 0 Å². The van der Waals surface area contributed by atoms with Gasteiger partial charge >= 0.3 is 0 Å². The molecule has 44 heavy (non-hydrogen) atoms. The SMILES string of the molecule is Cc1ccc(N(CC(=O)N(Cc2ccccc2C)[C@@H](Cc2ccccc2)C(=O)NC(C)C)S(=O)(=O)c2ccccc2)c(C)c1. The Hall–Kier alpha value is -4.43. The fraction of sp³-hybridized carbons (Fsp3) is 0.278. The number of anilines is 1. The third kappa shape index (κ3) is 7.94. The summed E-state index contributed by atoms with van der Waals surface area (Å²) in [6.07, 6.45) is 0.270. The summed E-state index contributed by atoms with van der Waals surface area (Å²) in [5, 5.41) is 2.99. The third-order valence-electron chi connectivity index (χ3n) is 7.54. The molecule has 0 bridgehead atoms. The van der Waals surface area contributed by atoms with Gasteiger partial charge in [-0.1, -0.05) is 90.5 Å². The molecular weight excluding hydrogens is 570 g/mol. The van der Waals surface area contributed by atoms with Crippen molar-refractivity contribution in [3.63, 3.8) is 0 Å². The second kappa shape index (κ2) is 14.4. The highest BCUT2D eigenvalue weighted by atomic mass is 32.2. The molecule has 1 atom stereocenters. The summed E-state index contributed by atoms with van der Waals surface area (Å²) in [4.78, 5) is 30.0. The molecule has 0 aliphatic heterocycles. The van der Waals surface area contributed by atoms with Crippen molar-refractivity contribution in [3.05, 3.63) is 131 Å². The van der Waals surface area contributed by atoms with E-state index in [1.54, 1.807) is 24.3 Å². The number of benzene rings is 4. The van der Waals surface area contributed by atoms with E-state index < -0.39 is 28.5 Å². The summed E-state index contributed by atoms with van der Waals surface area (Å²) >= 11 is 0. The number of aryl methyl sites for hydroxylation is 3. The van der Waals surface area contributed by atoms with Gasteiger partial charge in [0.2, 0.25) is 11.8 Å². The number of carbonyl (C=O) groups is 2. The van der Waals surface area contributed by atoms with Crippen molar-refractivity contribution < 1.29 is 18.0 Å². The van der Waals surface area contributed by atoms with Crippen molar-refractivity contribution in [2.45, 2.75) is 64.6 Å². The van der Waals surface area contributed by atoms with Crippen LogP contribution in [0.15, 0.2) is 108 Å². The number of nitrogens with one attached hydrogen (secondary N) is 1. The van der Waals surface area contributed by atoms with Crippen molar-refractivity contribution in [1.82, 2.24) is 10.2 Å². The number of hydrogen-bond acceptors (Lipinski definition) is 4. The molecule has 0 radical (unpaired) electrons. The van der Waals surface area contributed by atoms with Crippen LogP contribution < -0.4 is 9.62 Å². The molecule has 0 aromatic heterocycles.